The van der Waals surface area contributed by atoms with Crippen molar-refractivity contribution in [3.05, 3.63) is 63.1 Å². The van der Waals surface area contributed by atoms with E-state index in [9.17, 15) is 19.6 Å². The number of halogens is 3. The van der Waals surface area contributed by atoms with Gasteiger partial charge in [-0.05, 0) is 77.1 Å². The van der Waals surface area contributed by atoms with E-state index in [4.69, 9.17) is 27.9 Å². The van der Waals surface area contributed by atoms with E-state index in [-0.39, 0.29) is 57.4 Å². The molecule has 2 aromatic heterocycles. The fourth-order valence-corrected chi connectivity index (χ4v) is 7.22. The van der Waals surface area contributed by atoms with Crippen LogP contribution >= 0.6 is 23.2 Å². The number of nitriles is 1. The van der Waals surface area contributed by atoms with Gasteiger partial charge in [0.2, 0.25) is 5.91 Å². The number of benzene rings is 2. The van der Waals surface area contributed by atoms with Crippen molar-refractivity contribution in [3.8, 4) is 17.2 Å². The van der Waals surface area contributed by atoms with Crippen LogP contribution in [0.2, 0.25) is 10.0 Å². The smallest absolute Gasteiger partial charge is 0.410 e. The summed E-state index contributed by atoms with van der Waals surface area (Å²) < 4.78 is 24.9. The summed E-state index contributed by atoms with van der Waals surface area (Å²) in [6, 6.07) is 9.97. The normalized spacial score (nSPS) is 17.5. The van der Waals surface area contributed by atoms with E-state index in [0.29, 0.717) is 52.6 Å². The van der Waals surface area contributed by atoms with Gasteiger partial charge in [0.05, 0.1) is 33.7 Å². The highest BCUT2D eigenvalue weighted by Crippen LogP contribution is 2.46. The van der Waals surface area contributed by atoms with Crippen molar-refractivity contribution in [1.29, 1.82) is 5.26 Å². The van der Waals surface area contributed by atoms with Crippen LogP contribution in [0.4, 0.5) is 9.18 Å². The molecule has 2 aliphatic rings. The molecule has 4 aromatic rings. The van der Waals surface area contributed by atoms with Crippen LogP contribution in [0.1, 0.15) is 101 Å². The minimum atomic E-state index is -0.692. The maximum absolute atomic E-state index is 17.1. The first-order valence-corrected chi connectivity index (χ1v) is 17.6. The predicted octanol–water partition coefficient (Wildman–Crippen LogP) is 9.12. The van der Waals surface area contributed by atoms with Crippen molar-refractivity contribution < 1.29 is 23.5 Å². The van der Waals surface area contributed by atoms with Crippen LogP contribution in [0.25, 0.3) is 32.9 Å². The molecule has 12 heteroatoms. The van der Waals surface area contributed by atoms with E-state index in [2.05, 4.69) is 16.4 Å². The third-order valence-electron chi connectivity index (χ3n) is 9.70. The molecule has 9 nitrogen and oxygen atoms in total. The number of nitrogens with one attached hydrogen (secondary N) is 1. The van der Waals surface area contributed by atoms with Gasteiger partial charge in [-0.2, -0.15) is 5.26 Å². The van der Waals surface area contributed by atoms with E-state index in [0.717, 1.165) is 12.8 Å². The molecule has 0 radical (unpaired) electrons. The van der Waals surface area contributed by atoms with Crippen molar-refractivity contribution in [2.24, 2.45) is 5.41 Å². The first kappa shape index (κ1) is 35.6. The summed E-state index contributed by atoms with van der Waals surface area (Å²) in [5.41, 5.74) is 1.23. The lowest BCUT2D eigenvalue weighted by molar-refractivity contribution is -0.126. The molecule has 1 aliphatic carbocycles. The first-order chi connectivity index (χ1) is 23.5. The maximum Gasteiger partial charge on any atom is 0.410 e. The number of hydrogen-bond acceptors (Lipinski definition) is 6. The van der Waals surface area contributed by atoms with Gasteiger partial charge < -0.3 is 19.5 Å². The SMILES string of the molecule is CC(=O)c1nc2c(F)c(-c3cccc(Cl)c3Cl)c(CCC#N)cc2c2c1cc(C(C)NC(=O)C1(C)CC1)n2C1CCN(C(=O)OC(C)(C)C)C1. The van der Waals surface area contributed by atoms with Crippen LogP contribution in [-0.2, 0) is 16.0 Å². The standard InChI is InChI=1S/C38H40Cl2FN5O4/c1-20(43-35(48)38(6)13-14-38)28-18-26-32(21(2)47)44-33-25(34(26)46(28)23-12-16-45(19-23)36(49)50-37(3,4)5)17-22(9-8-15-42)29(31(33)41)24-10-7-11-27(39)30(24)40/h7,10-11,17-18,20,23H,8-9,12-14,16,19H2,1-6H3,(H,43,48). The number of pyridine rings is 1. The number of amides is 2. The molecule has 50 heavy (non-hydrogen) atoms. The van der Waals surface area contributed by atoms with E-state index in [1.165, 1.54) is 6.92 Å². The zero-order chi connectivity index (χ0) is 36.3. The summed E-state index contributed by atoms with van der Waals surface area (Å²) in [7, 11) is 0. The highest BCUT2D eigenvalue weighted by atomic mass is 35.5. The molecule has 2 amide bonds. The number of nitrogens with zero attached hydrogens (tertiary/aromatic N) is 4. The van der Waals surface area contributed by atoms with Gasteiger partial charge in [-0.1, -0.05) is 42.3 Å². The molecular weight excluding hydrogens is 680 g/mol. The molecule has 262 valence electrons. The number of carbonyl (C=O) groups is 3. The van der Waals surface area contributed by atoms with Gasteiger partial charge in [0.1, 0.15) is 16.8 Å². The Morgan fingerprint density at radius 1 is 1.20 bits per heavy atom. The summed E-state index contributed by atoms with van der Waals surface area (Å²) in [5.74, 6) is -1.12. The summed E-state index contributed by atoms with van der Waals surface area (Å²) >= 11 is 13.0. The quantitative estimate of drug-likeness (QED) is 0.182. The number of likely N-dealkylation sites (tertiary alicyclic amines) is 1. The highest BCUT2D eigenvalue weighted by molar-refractivity contribution is 6.43. The van der Waals surface area contributed by atoms with E-state index in [1.807, 2.05) is 51.3 Å². The number of rotatable bonds is 8. The Kier molecular flexibility index (Phi) is 9.38. The molecular formula is C38H40Cl2FN5O4. The van der Waals surface area contributed by atoms with Crippen LogP contribution in [-0.4, -0.2) is 50.9 Å². The number of ether oxygens (including phenoxy) is 1. The second kappa shape index (κ2) is 13.2. The van der Waals surface area contributed by atoms with Crippen LogP contribution in [0.3, 0.4) is 0 Å². The van der Waals surface area contributed by atoms with Gasteiger partial charge in [-0.3, -0.25) is 9.59 Å². The van der Waals surface area contributed by atoms with Crippen LogP contribution in [0.5, 0.6) is 0 Å². The molecule has 2 atom stereocenters. The molecule has 1 N–H and O–H groups in total. The molecule has 1 saturated heterocycles. The van der Waals surface area contributed by atoms with Gasteiger partial charge in [-0.25, -0.2) is 14.2 Å². The third-order valence-corrected chi connectivity index (χ3v) is 10.5. The summed E-state index contributed by atoms with van der Waals surface area (Å²) in [6.07, 6.45) is 2.04. The average molecular weight is 721 g/mol. The lowest BCUT2D eigenvalue weighted by Crippen LogP contribution is -2.36. The second-order valence-electron chi connectivity index (χ2n) is 14.7. The van der Waals surface area contributed by atoms with Crippen LogP contribution in [0.15, 0.2) is 30.3 Å². The number of aryl methyl sites for hydroxylation is 1. The molecule has 1 aliphatic heterocycles. The zero-order valence-electron chi connectivity index (χ0n) is 29.0. The van der Waals surface area contributed by atoms with E-state index < -0.39 is 29.0 Å². The van der Waals surface area contributed by atoms with Gasteiger partial charge in [0.15, 0.2) is 11.6 Å². The van der Waals surface area contributed by atoms with Crippen LogP contribution < -0.4 is 5.32 Å². The fraction of sp³-hybridized carbons (Fsp3) is 0.447. The van der Waals surface area contributed by atoms with Crippen molar-refractivity contribution >= 4 is 62.8 Å². The van der Waals surface area contributed by atoms with Crippen molar-refractivity contribution in [2.75, 3.05) is 13.1 Å². The summed E-state index contributed by atoms with van der Waals surface area (Å²) in [5, 5.41) is 14.1. The molecule has 0 spiro atoms. The van der Waals surface area contributed by atoms with Gasteiger partial charge in [0.25, 0.3) is 0 Å². The number of hydrogen-bond donors (Lipinski definition) is 1. The maximum atomic E-state index is 17.1. The second-order valence-corrected chi connectivity index (χ2v) is 15.5. The molecule has 2 aromatic carbocycles. The van der Waals surface area contributed by atoms with Gasteiger partial charge in [-0.15, -0.1) is 0 Å². The molecule has 3 heterocycles. The number of ketones is 1. The Bertz CT molecular complexity index is 2110. The molecule has 0 bridgehead atoms. The van der Waals surface area contributed by atoms with Crippen LogP contribution in [0, 0.1) is 22.6 Å². The Labute approximate surface area is 300 Å². The van der Waals surface area contributed by atoms with Gasteiger partial charge in [0, 0.05) is 59.4 Å². The van der Waals surface area contributed by atoms with E-state index >= 15 is 4.39 Å². The predicted molar refractivity (Wildman–Crippen MR) is 192 cm³/mol. The average Bonchev–Trinajstić information content (AvgIpc) is 3.42. The van der Waals surface area contributed by atoms with Gasteiger partial charge >= 0.3 is 6.09 Å². The molecule has 6 rings (SSSR count). The molecule has 2 fully saturated rings. The van der Waals surface area contributed by atoms with E-state index in [1.54, 1.807) is 23.1 Å². The topological polar surface area (TPSA) is 117 Å². The van der Waals surface area contributed by atoms with Crippen molar-refractivity contribution in [2.45, 2.75) is 91.3 Å². The Hall–Kier alpha value is -4.20. The summed E-state index contributed by atoms with van der Waals surface area (Å²) in [6.45, 7) is 11.3. The lowest BCUT2D eigenvalue weighted by atomic mass is 9.93. The Morgan fingerprint density at radius 3 is 2.56 bits per heavy atom. The Morgan fingerprint density at radius 2 is 1.92 bits per heavy atom. The fourth-order valence-electron chi connectivity index (χ4n) is 6.83. The zero-order valence-corrected chi connectivity index (χ0v) is 30.6. The lowest BCUT2D eigenvalue weighted by Gasteiger charge is -2.26. The Balaban J connectivity index is 1.64. The summed E-state index contributed by atoms with van der Waals surface area (Å²) in [4.78, 5) is 46.0. The monoisotopic (exact) mass is 719 g/mol. The number of Topliss-reactive ketones (excluding diaryl/α,β-unsaturated/α-hetero) is 1. The van der Waals surface area contributed by atoms with Crippen molar-refractivity contribution in [1.82, 2.24) is 19.8 Å². The minimum absolute atomic E-state index is 0.0375. The number of fused-ring (bicyclic) bond motifs is 3. The highest BCUT2D eigenvalue weighted by Gasteiger charge is 2.45. The largest absolute Gasteiger partial charge is 0.444 e. The first-order valence-electron chi connectivity index (χ1n) is 16.9. The minimum Gasteiger partial charge on any atom is -0.444 e. The third kappa shape index (κ3) is 6.54. The molecule has 2 unspecified atom stereocenters. The number of carbonyl (C=O) groups excluding carboxylic acids is 3. The number of aromatic nitrogens is 2. The van der Waals surface area contributed by atoms with Crippen molar-refractivity contribution in [3.63, 3.8) is 0 Å². The molecule has 1 saturated carbocycles.